The number of hydrogen-bond acceptors (Lipinski definition) is 6. The van der Waals surface area contributed by atoms with Crippen molar-refractivity contribution in [1.82, 2.24) is 14.8 Å². The molecule has 3 heterocycles. The van der Waals surface area contributed by atoms with E-state index in [0.717, 1.165) is 37.3 Å². The molecule has 35 heavy (non-hydrogen) atoms. The predicted octanol–water partition coefficient (Wildman–Crippen LogP) is 4.13. The molecule has 178 valence electrons. The van der Waals surface area contributed by atoms with Crippen molar-refractivity contribution in [2.24, 2.45) is 5.73 Å². The number of benzene rings is 1. The molecule has 1 fully saturated rings. The zero-order valence-electron chi connectivity index (χ0n) is 19.2. The summed E-state index contributed by atoms with van der Waals surface area (Å²) in [5, 5.41) is 17.4. The van der Waals surface area contributed by atoms with Crippen molar-refractivity contribution in [3.63, 3.8) is 0 Å². The van der Waals surface area contributed by atoms with Gasteiger partial charge in [0.2, 0.25) is 0 Å². The number of amides is 1. The molecule has 3 N–H and O–H groups in total. The van der Waals surface area contributed by atoms with Gasteiger partial charge < -0.3 is 16.0 Å². The van der Waals surface area contributed by atoms with E-state index in [1.54, 1.807) is 23.0 Å². The van der Waals surface area contributed by atoms with Gasteiger partial charge in [-0.15, -0.1) is 0 Å². The molecule has 2 aromatic heterocycles. The minimum absolute atomic E-state index is 0.224. The third-order valence-corrected chi connectivity index (χ3v) is 6.90. The van der Waals surface area contributed by atoms with Crippen LogP contribution in [0.4, 0.5) is 21.6 Å². The fraction of sp³-hybridized carbons (Fsp3) is 0.308. The largest absolute Gasteiger partial charge is 0.371 e. The Hall–Kier alpha value is -4.19. The second kappa shape index (κ2) is 9.22. The van der Waals surface area contributed by atoms with E-state index < -0.39 is 11.4 Å². The Morgan fingerprint density at radius 2 is 2.00 bits per heavy atom. The van der Waals surface area contributed by atoms with Crippen molar-refractivity contribution < 1.29 is 9.18 Å². The molecule has 3 aromatic rings. The first kappa shape index (κ1) is 22.6. The Labute approximate surface area is 202 Å². The van der Waals surface area contributed by atoms with Crippen LogP contribution < -0.4 is 16.0 Å². The van der Waals surface area contributed by atoms with Gasteiger partial charge in [0, 0.05) is 48.1 Å². The number of aryl methyl sites for hydroxylation is 1. The molecule has 9 heteroatoms. The minimum Gasteiger partial charge on any atom is -0.371 e. The lowest BCUT2D eigenvalue weighted by Crippen LogP contribution is -2.46. The van der Waals surface area contributed by atoms with Gasteiger partial charge in [-0.1, -0.05) is 12.2 Å². The summed E-state index contributed by atoms with van der Waals surface area (Å²) in [5.41, 5.74) is 9.33. The van der Waals surface area contributed by atoms with Crippen LogP contribution in [0.1, 0.15) is 47.3 Å². The maximum atomic E-state index is 13.3. The number of halogens is 1. The van der Waals surface area contributed by atoms with Crippen LogP contribution in [0, 0.1) is 17.1 Å². The highest BCUT2D eigenvalue weighted by molar-refractivity contribution is 5.98. The lowest BCUT2D eigenvalue weighted by molar-refractivity contribution is 0.100. The number of pyridine rings is 1. The van der Waals surface area contributed by atoms with Gasteiger partial charge >= 0.3 is 0 Å². The first-order valence-electron chi connectivity index (χ1n) is 11.7. The van der Waals surface area contributed by atoms with Crippen LogP contribution in [0.25, 0.3) is 6.08 Å². The molecule has 1 saturated heterocycles. The van der Waals surface area contributed by atoms with E-state index in [4.69, 9.17) is 5.73 Å². The molecule has 1 aliphatic carbocycles. The van der Waals surface area contributed by atoms with E-state index in [2.05, 4.69) is 44.6 Å². The number of primary amides is 1. The topological polar surface area (TPSA) is 113 Å². The normalized spacial score (nSPS) is 16.4. The lowest BCUT2D eigenvalue weighted by Gasteiger charge is -2.42. The number of nitrogens with one attached hydrogen (secondary N) is 1. The molecule has 1 amide bonds. The van der Waals surface area contributed by atoms with Crippen LogP contribution in [0.15, 0.2) is 48.8 Å². The minimum atomic E-state index is -0.624. The highest BCUT2D eigenvalue weighted by Gasteiger charge is 2.39. The molecule has 0 unspecified atom stereocenters. The molecule has 0 bridgehead atoms. The summed E-state index contributed by atoms with van der Waals surface area (Å²) >= 11 is 0. The van der Waals surface area contributed by atoms with Crippen molar-refractivity contribution >= 4 is 29.2 Å². The number of carbonyl (C=O) groups is 1. The second-order valence-electron chi connectivity index (χ2n) is 9.01. The maximum absolute atomic E-state index is 13.3. The average molecular weight is 472 g/mol. The lowest BCUT2D eigenvalue weighted by atomic mass is 9.84. The Kier molecular flexibility index (Phi) is 5.95. The summed E-state index contributed by atoms with van der Waals surface area (Å²) in [4.78, 5) is 19.1. The van der Waals surface area contributed by atoms with Crippen molar-refractivity contribution in [2.75, 3.05) is 23.3 Å². The zero-order chi connectivity index (χ0) is 24.4. The van der Waals surface area contributed by atoms with E-state index >= 15 is 0 Å². The third-order valence-electron chi connectivity index (χ3n) is 6.90. The molecule has 0 atom stereocenters. The number of aromatic nitrogens is 3. The van der Waals surface area contributed by atoms with Crippen molar-refractivity contribution in [3.05, 3.63) is 71.4 Å². The molecular weight excluding hydrogens is 445 g/mol. The van der Waals surface area contributed by atoms with Crippen molar-refractivity contribution in [1.29, 1.82) is 5.26 Å². The standard InChI is InChI=1S/C26H26FN7O/c27-18-5-7-19(8-6-18)31-25-21(24(29)35)17-34(32-25)26(10-13-28)11-15-33(16-12-26)23-9-14-30-22-4-2-1-3-20(22)23/h1,3,5-9,14,17H,2,4,10-12,15-16H2,(H2,29,35)(H,31,32). The number of anilines is 3. The molecule has 2 aliphatic rings. The van der Waals surface area contributed by atoms with Gasteiger partial charge in [0.25, 0.3) is 5.91 Å². The summed E-state index contributed by atoms with van der Waals surface area (Å²) in [6.07, 6.45) is 11.4. The number of nitrogens with two attached hydrogens (primary N) is 1. The van der Waals surface area contributed by atoms with Crippen molar-refractivity contribution in [2.45, 2.75) is 37.6 Å². The van der Waals surface area contributed by atoms with Crippen molar-refractivity contribution in [3.8, 4) is 6.07 Å². The molecular formula is C26H26FN7O. The number of carbonyl (C=O) groups excluding carboxylic acids is 1. The number of nitriles is 1. The van der Waals surface area contributed by atoms with Gasteiger partial charge in [-0.2, -0.15) is 10.4 Å². The molecule has 1 aromatic carbocycles. The van der Waals surface area contributed by atoms with Crippen LogP contribution in [-0.2, 0) is 12.0 Å². The van der Waals surface area contributed by atoms with Gasteiger partial charge in [-0.3, -0.25) is 14.5 Å². The Morgan fingerprint density at radius 3 is 2.71 bits per heavy atom. The summed E-state index contributed by atoms with van der Waals surface area (Å²) < 4.78 is 15.0. The first-order chi connectivity index (χ1) is 17.0. The third kappa shape index (κ3) is 4.35. The molecule has 8 nitrogen and oxygen atoms in total. The number of nitrogens with zero attached hydrogens (tertiary/aromatic N) is 5. The summed E-state index contributed by atoms with van der Waals surface area (Å²) in [6.45, 7) is 1.47. The molecule has 0 spiro atoms. The Morgan fingerprint density at radius 1 is 1.23 bits per heavy atom. The zero-order valence-corrected chi connectivity index (χ0v) is 19.2. The van der Waals surface area contributed by atoms with E-state index in [1.165, 1.54) is 17.7 Å². The smallest absolute Gasteiger partial charge is 0.254 e. The number of hydrogen-bond donors (Lipinski definition) is 2. The van der Waals surface area contributed by atoms with E-state index in [1.807, 2.05) is 6.20 Å². The highest BCUT2D eigenvalue weighted by atomic mass is 19.1. The second-order valence-corrected chi connectivity index (χ2v) is 9.01. The molecule has 5 rings (SSSR count). The van der Waals surface area contributed by atoms with Crippen LogP contribution in [0.5, 0.6) is 0 Å². The summed E-state index contributed by atoms with van der Waals surface area (Å²) in [5.74, 6) is -0.695. The highest BCUT2D eigenvalue weighted by Crippen LogP contribution is 2.38. The van der Waals surface area contributed by atoms with Crippen LogP contribution in [0.2, 0.25) is 0 Å². The predicted molar refractivity (Wildman–Crippen MR) is 132 cm³/mol. The fourth-order valence-corrected chi connectivity index (χ4v) is 4.94. The van der Waals surface area contributed by atoms with E-state index in [0.29, 0.717) is 18.5 Å². The van der Waals surface area contributed by atoms with Gasteiger partial charge in [-0.05, 0) is 56.0 Å². The monoisotopic (exact) mass is 471 g/mol. The van der Waals surface area contributed by atoms with E-state index in [-0.39, 0.29) is 23.6 Å². The number of allylic oxidation sites excluding steroid dienone is 1. The van der Waals surface area contributed by atoms with Crippen LogP contribution in [-0.4, -0.2) is 33.8 Å². The molecule has 1 aliphatic heterocycles. The molecule has 0 radical (unpaired) electrons. The summed E-state index contributed by atoms with van der Waals surface area (Å²) in [7, 11) is 0. The quantitative estimate of drug-likeness (QED) is 0.559. The molecule has 0 saturated carbocycles. The van der Waals surface area contributed by atoms with E-state index in [9.17, 15) is 14.4 Å². The fourth-order valence-electron chi connectivity index (χ4n) is 4.94. The van der Waals surface area contributed by atoms with Gasteiger partial charge in [0.15, 0.2) is 5.82 Å². The van der Waals surface area contributed by atoms with Gasteiger partial charge in [-0.25, -0.2) is 4.39 Å². The maximum Gasteiger partial charge on any atom is 0.254 e. The summed E-state index contributed by atoms with van der Waals surface area (Å²) in [6, 6.07) is 10.1. The SMILES string of the molecule is N#CCC1(n2cc(C(N)=O)c(Nc3ccc(F)cc3)n2)CCN(c2ccnc3c2C=CCC3)CC1. The van der Waals surface area contributed by atoms with Crippen LogP contribution >= 0.6 is 0 Å². The number of fused-ring (bicyclic) bond motifs is 1. The van der Waals surface area contributed by atoms with Gasteiger partial charge in [0.1, 0.15) is 11.4 Å². The first-order valence-corrected chi connectivity index (χ1v) is 11.7. The average Bonchev–Trinajstić information content (AvgIpc) is 3.31. The number of rotatable bonds is 6. The van der Waals surface area contributed by atoms with Crippen LogP contribution in [0.3, 0.4) is 0 Å². The Balaban J connectivity index is 1.42. The van der Waals surface area contributed by atoms with Gasteiger partial charge in [0.05, 0.1) is 18.0 Å². The Bertz CT molecular complexity index is 1310. The number of piperidine rings is 1.